The first-order valence-corrected chi connectivity index (χ1v) is 7.30. The van der Waals surface area contributed by atoms with Gasteiger partial charge in [0, 0.05) is 24.3 Å². The van der Waals surface area contributed by atoms with E-state index in [-0.39, 0.29) is 11.9 Å². The van der Waals surface area contributed by atoms with Crippen molar-refractivity contribution in [2.45, 2.75) is 39.2 Å². The Bertz CT molecular complexity index is 373. The highest BCUT2D eigenvalue weighted by Gasteiger charge is 2.11. The quantitative estimate of drug-likeness (QED) is 0.697. The number of hydrogen-bond donors (Lipinski definition) is 1. The minimum absolute atomic E-state index is 0.239. The van der Waals surface area contributed by atoms with E-state index in [9.17, 15) is 4.39 Å². The molecule has 1 aromatic carbocycles. The number of benzene rings is 1. The molecule has 0 amide bonds. The summed E-state index contributed by atoms with van der Waals surface area (Å²) in [7, 11) is 0. The average molecular weight is 288 g/mol. The molecule has 0 aliphatic heterocycles. The molecular weight excluding hydrogens is 265 g/mol. The van der Waals surface area contributed by atoms with Crippen LogP contribution in [0.2, 0.25) is 5.02 Å². The first-order chi connectivity index (χ1) is 9.17. The molecule has 0 radical (unpaired) electrons. The third-order valence-electron chi connectivity index (χ3n) is 2.93. The van der Waals surface area contributed by atoms with Crippen LogP contribution >= 0.6 is 11.6 Å². The lowest BCUT2D eigenvalue weighted by Gasteiger charge is -2.18. The highest BCUT2D eigenvalue weighted by molar-refractivity contribution is 6.31. The Morgan fingerprint density at radius 1 is 1.32 bits per heavy atom. The molecule has 1 unspecified atom stereocenters. The first-order valence-electron chi connectivity index (χ1n) is 6.92. The van der Waals surface area contributed by atoms with Crippen LogP contribution in [0.4, 0.5) is 4.39 Å². The predicted octanol–water partition coefficient (Wildman–Crippen LogP) is 3.82. The molecule has 0 aliphatic carbocycles. The summed E-state index contributed by atoms with van der Waals surface area (Å²) in [6.45, 7) is 6.55. The molecule has 19 heavy (non-hydrogen) atoms. The van der Waals surface area contributed by atoms with Crippen molar-refractivity contribution < 1.29 is 9.13 Å². The molecule has 4 heteroatoms. The van der Waals surface area contributed by atoms with Gasteiger partial charge in [-0.05, 0) is 49.6 Å². The number of likely N-dealkylation sites (N-methyl/N-ethyl adjacent to an activating group) is 1. The Morgan fingerprint density at radius 3 is 2.79 bits per heavy atom. The van der Waals surface area contributed by atoms with Crippen LogP contribution in [0.3, 0.4) is 0 Å². The Kier molecular flexibility index (Phi) is 8.03. The zero-order valence-electron chi connectivity index (χ0n) is 11.7. The highest BCUT2D eigenvalue weighted by atomic mass is 35.5. The van der Waals surface area contributed by atoms with Gasteiger partial charge < -0.3 is 10.1 Å². The van der Waals surface area contributed by atoms with E-state index in [1.165, 1.54) is 12.1 Å². The van der Waals surface area contributed by atoms with E-state index in [1.807, 2.05) is 0 Å². The molecule has 2 nitrogen and oxygen atoms in total. The minimum atomic E-state index is -0.239. The molecular formula is C15H23ClFNO. The standard InChI is InChI=1S/C15H23ClFNO/c1-3-8-19-9-7-14(18-4-2)11-12-10-13(17)5-6-15(12)16/h5-6,10,14,18H,3-4,7-9,11H2,1-2H3. The molecule has 1 atom stereocenters. The van der Waals surface area contributed by atoms with E-state index in [4.69, 9.17) is 16.3 Å². The first kappa shape index (κ1) is 16.4. The van der Waals surface area contributed by atoms with Gasteiger partial charge in [0.25, 0.3) is 0 Å². The van der Waals surface area contributed by atoms with Gasteiger partial charge in [-0.1, -0.05) is 25.4 Å². The second kappa shape index (κ2) is 9.29. The van der Waals surface area contributed by atoms with Gasteiger partial charge in [0.15, 0.2) is 0 Å². The van der Waals surface area contributed by atoms with Crippen LogP contribution in [0.5, 0.6) is 0 Å². The fraction of sp³-hybridized carbons (Fsp3) is 0.600. The van der Waals surface area contributed by atoms with E-state index >= 15 is 0 Å². The van der Waals surface area contributed by atoms with Crippen molar-refractivity contribution in [1.82, 2.24) is 5.32 Å². The van der Waals surface area contributed by atoms with Crippen molar-refractivity contribution >= 4 is 11.6 Å². The van der Waals surface area contributed by atoms with Gasteiger partial charge in [0.05, 0.1) is 0 Å². The summed E-state index contributed by atoms with van der Waals surface area (Å²) in [5, 5.41) is 4.02. The fourth-order valence-electron chi connectivity index (χ4n) is 2.00. The molecule has 1 aromatic rings. The van der Waals surface area contributed by atoms with Crippen LogP contribution in [-0.4, -0.2) is 25.8 Å². The van der Waals surface area contributed by atoms with E-state index in [2.05, 4.69) is 19.2 Å². The van der Waals surface area contributed by atoms with Gasteiger partial charge in [0.1, 0.15) is 5.82 Å². The number of rotatable bonds is 9. The number of hydrogen-bond acceptors (Lipinski definition) is 2. The normalized spacial score (nSPS) is 12.6. The van der Waals surface area contributed by atoms with Crippen LogP contribution in [0, 0.1) is 5.82 Å². The Morgan fingerprint density at radius 2 is 2.11 bits per heavy atom. The van der Waals surface area contributed by atoms with Gasteiger partial charge in [-0.2, -0.15) is 0 Å². The lowest BCUT2D eigenvalue weighted by Crippen LogP contribution is -2.32. The summed E-state index contributed by atoms with van der Waals surface area (Å²) in [6, 6.07) is 4.78. The SMILES string of the molecule is CCCOCCC(Cc1cc(F)ccc1Cl)NCC. The van der Waals surface area contributed by atoms with E-state index in [0.717, 1.165) is 44.6 Å². The molecule has 0 bridgehead atoms. The summed E-state index contributed by atoms with van der Waals surface area (Å²) in [6.07, 6.45) is 2.65. The third-order valence-corrected chi connectivity index (χ3v) is 3.29. The molecule has 0 aromatic heterocycles. The molecule has 0 saturated carbocycles. The van der Waals surface area contributed by atoms with Crippen molar-refractivity contribution in [3.05, 3.63) is 34.6 Å². The molecule has 0 spiro atoms. The molecule has 108 valence electrons. The monoisotopic (exact) mass is 287 g/mol. The Labute approximate surface area is 120 Å². The Hall–Kier alpha value is -0.640. The molecule has 0 aliphatic rings. The molecule has 1 N–H and O–H groups in total. The van der Waals surface area contributed by atoms with Crippen LogP contribution in [0.15, 0.2) is 18.2 Å². The highest BCUT2D eigenvalue weighted by Crippen LogP contribution is 2.19. The van der Waals surface area contributed by atoms with Crippen LogP contribution in [0.25, 0.3) is 0 Å². The van der Waals surface area contributed by atoms with E-state index in [1.54, 1.807) is 6.07 Å². The maximum Gasteiger partial charge on any atom is 0.123 e. The summed E-state index contributed by atoms with van der Waals surface area (Å²) >= 11 is 6.10. The van der Waals surface area contributed by atoms with Gasteiger partial charge in [-0.3, -0.25) is 0 Å². The van der Waals surface area contributed by atoms with Crippen molar-refractivity contribution in [3.8, 4) is 0 Å². The summed E-state index contributed by atoms with van der Waals surface area (Å²) < 4.78 is 18.7. The number of halogens is 2. The maximum atomic E-state index is 13.2. The van der Waals surface area contributed by atoms with Gasteiger partial charge in [-0.15, -0.1) is 0 Å². The number of nitrogens with one attached hydrogen (secondary N) is 1. The topological polar surface area (TPSA) is 21.3 Å². The molecule has 0 saturated heterocycles. The van der Waals surface area contributed by atoms with Gasteiger partial charge in [0.2, 0.25) is 0 Å². The summed E-state index contributed by atoms with van der Waals surface area (Å²) in [4.78, 5) is 0. The average Bonchev–Trinajstić information content (AvgIpc) is 2.39. The predicted molar refractivity (Wildman–Crippen MR) is 78.3 cm³/mol. The van der Waals surface area contributed by atoms with Crippen molar-refractivity contribution in [3.63, 3.8) is 0 Å². The van der Waals surface area contributed by atoms with Crippen molar-refractivity contribution in [1.29, 1.82) is 0 Å². The van der Waals surface area contributed by atoms with Crippen LogP contribution < -0.4 is 5.32 Å². The molecule has 0 heterocycles. The third kappa shape index (κ3) is 6.37. The Balaban J connectivity index is 2.54. The smallest absolute Gasteiger partial charge is 0.123 e. The van der Waals surface area contributed by atoms with Crippen molar-refractivity contribution in [2.75, 3.05) is 19.8 Å². The lowest BCUT2D eigenvalue weighted by atomic mass is 10.0. The fourth-order valence-corrected chi connectivity index (χ4v) is 2.20. The molecule has 1 rings (SSSR count). The second-order valence-corrected chi connectivity index (χ2v) is 5.00. The maximum absolute atomic E-state index is 13.2. The number of ether oxygens (including phenoxy) is 1. The van der Waals surface area contributed by atoms with Gasteiger partial charge in [-0.25, -0.2) is 4.39 Å². The van der Waals surface area contributed by atoms with Crippen molar-refractivity contribution in [2.24, 2.45) is 0 Å². The summed E-state index contributed by atoms with van der Waals surface area (Å²) in [5.74, 6) is -0.239. The summed E-state index contributed by atoms with van der Waals surface area (Å²) in [5.41, 5.74) is 0.850. The minimum Gasteiger partial charge on any atom is -0.381 e. The van der Waals surface area contributed by atoms with Gasteiger partial charge >= 0.3 is 0 Å². The largest absolute Gasteiger partial charge is 0.381 e. The second-order valence-electron chi connectivity index (χ2n) is 4.60. The molecule has 0 fully saturated rings. The zero-order chi connectivity index (χ0) is 14.1. The van der Waals surface area contributed by atoms with Crippen LogP contribution in [-0.2, 0) is 11.2 Å². The lowest BCUT2D eigenvalue weighted by molar-refractivity contribution is 0.124. The van der Waals surface area contributed by atoms with E-state index in [0.29, 0.717) is 5.02 Å². The van der Waals surface area contributed by atoms with Crippen LogP contribution in [0.1, 0.15) is 32.3 Å². The van der Waals surface area contributed by atoms with E-state index < -0.39 is 0 Å². The zero-order valence-corrected chi connectivity index (χ0v) is 12.5.